The summed E-state index contributed by atoms with van der Waals surface area (Å²) in [5.74, 6) is 1.99. The zero-order chi connectivity index (χ0) is 16.9. The minimum Gasteiger partial charge on any atom is -0.493 e. The number of Topliss-reactive ketones (excluding diaryl/α,β-unsaturated/α-hetero) is 1. The molecule has 132 valence electrons. The highest BCUT2D eigenvalue weighted by atomic mass is 32.2. The first kappa shape index (κ1) is 17.6. The number of ketones is 1. The second-order valence-corrected chi connectivity index (χ2v) is 7.58. The Bertz CT molecular complexity index is 619. The summed E-state index contributed by atoms with van der Waals surface area (Å²) in [5, 5.41) is 0. The van der Waals surface area contributed by atoms with E-state index in [9.17, 15) is 9.00 Å². The lowest BCUT2D eigenvalue weighted by atomic mass is 9.78. The Morgan fingerprint density at radius 2 is 2.00 bits per heavy atom. The fourth-order valence-electron chi connectivity index (χ4n) is 3.92. The molecular formula is C18H25NO4S. The third-order valence-electron chi connectivity index (χ3n) is 5.27. The van der Waals surface area contributed by atoms with E-state index in [-0.39, 0.29) is 5.78 Å². The van der Waals surface area contributed by atoms with E-state index in [0.29, 0.717) is 31.4 Å². The lowest BCUT2D eigenvalue weighted by molar-refractivity contribution is 0.0993. The summed E-state index contributed by atoms with van der Waals surface area (Å²) in [6.45, 7) is 1.21. The summed E-state index contributed by atoms with van der Waals surface area (Å²) >= 11 is -1.93. The maximum atomic E-state index is 11.8. The number of carbonyl (C=O) groups excluding carboxylic acids is 1. The maximum Gasteiger partial charge on any atom is 0.231 e. The number of rotatable bonds is 7. The van der Waals surface area contributed by atoms with Gasteiger partial charge in [0, 0.05) is 18.5 Å². The predicted octanol–water partition coefficient (Wildman–Crippen LogP) is 3.12. The molecule has 0 amide bonds. The van der Waals surface area contributed by atoms with Crippen LogP contribution in [0.3, 0.4) is 0 Å². The van der Waals surface area contributed by atoms with Crippen LogP contribution in [0.4, 0.5) is 0 Å². The van der Waals surface area contributed by atoms with Crippen molar-refractivity contribution in [3.05, 3.63) is 29.3 Å². The van der Waals surface area contributed by atoms with Crippen molar-refractivity contribution in [1.82, 2.24) is 4.72 Å². The lowest BCUT2D eigenvalue weighted by Crippen LogP contribution is -2.29. The van der Waals surface area contributed by atoms with Crippen LogP contribution < -0.4 is 9.46 Å². The van der Waals surface area contributed by atoms with E-state index >= 15 is 0 Å². The molecule has 3 unspecified atom stereocenters. The average molecular weight is 351 g/mol. The van der Waals surface area contributed by atoms with Crippen molar-refractivity contribution in [2.24, 2.45) is 11.8 Å². The molecule has 1 aromatic rings. The van der Waals surface area contributed by atoms with E-state index in [2.05, 4.69) is 4.72 Å². The molecule has 1 saturated carbocycles. The van der Waals surface area contributed by atoms with Gasteiger partial charge in [0.1, 0.15) is 5.75 Å². The molecule has 0 radical (unpaired) electrons. The van der Waals surface area contributed by atoms with Gasteiger partial charge in [0.2, 0.25) is 11.3 Å². The van der Waals surface area contributed by atoms with E-state index < -0.39 is 11.3 Å². The molecule has 0 bridgehead atoms. The number of fused-ring (bicyclic) bond motifs is 1. The van der Waals surface area contributed by atoms with Gasteiger partial charge in [-0.15, -0.1) is 0 Å². The highest BCUT2D eigenvalue weighted by molar-refractivity contribution is 7.77. The van der Waals surface area contributed by atoms with Crippen molar-refractivity contribution < 1.29 is 18.3 Å². The highest BCUT2D eigenvalue weighted by Gasteiger charge is 2.26. The second-order valence-electron chi connectivity index (χ2n) is 6.79. The fraction of sp³-hybridized carbons (Fsp3) is 0.611. The molecule has 0 heterocycles. The minimum atomic E-state index is -1.93. The first-order valence-electron chi connectivity index (χ1n) is 8.77. The summed E-state index contributed by atoms with van der Waals surface area (Å²) in [4.78, 5) is 11.8. The van der Waals surface area contributed by atoms with Gasteiger partial charge in [-0.05, 0) is 48.8 Å². The van der Waals surface area contributed by atoms with Crippen LogP contribution in [-0.2, 0) is 17.7 Å². The molecule has 5 nitrogen and oxygen atoms in total. The number of nitrogens with one attached hydrogen (secondary N) is 1. The summed E-state index contributed by atoms with van der Waals surface area (Å²) < 4.78 is 28.1. The summed E-state index contributed by atoms with van der Waals surface area (Å²) in [5.41, 5.74) is 1.95. The number of ether oxygens (including phenoxy) is 1. The Kier molecular flexibility index (Phi) is 6.03. The normalized spacial score (nSPS) is 24.6. The molecule has 3 atom stereocenters. The first-order valence-corrected chi connectivity index (χ1v) is 9.87. The number of carbonyl (C=O) groups is 1. The van der Waals surface area contributed by atoms with E-state index in [1.54, 1.807) is 0 Å². The van der Waals surface area contributed by atoms with Crippen LogP contribution in [0.15, 0.2) is 18.2 Å². The maximum absolute atomic E-state index is 11.8. The standard InChI is InChI=1S/C18H25NO4S/c20-18-8-6-14-5-7-16(11-17(14)18)23-12-15-4-2-1-3-13(15)9-10-19-24(21)22/h5,7,11,13,15,19H,1-4,6,8-10,12H2,(H,21,22). The van der Waals surface area contributed by atoms with Gasteiger partial charge >= 0.3 is 0 Å². The van der Waals surface area contributed by atoms with Crippen LogP contribution >= 0.6 is 0 Å². The smallest absolute Gasteiger partial charge is 0.231 e. The number of aryl methyl sites for hydroxylation is 1. The summed E-state index contributed by atoms with van der Waals surface area (Å²) in [6.07, 6.45) is 7.07. The third-order valence-corrected chi connectivity index (χ3v) is 5.73. The quantitative estimate of drug-likeness (QED) is 0.740. The zero-order valence-corrected chi connectivity index (χ0v) is 14.6. The molecule has 0 spiro atoms. The fourth-order valence-corrected chi connectivity index (χ4v) is 4.22. The van der Waals surface area contributed by atoms with Gasteiger partial charge in [-0.3, -0.25) is 9.35 Å². The van der Waals surface area contributed by atoms with Crippen LogP contribution in [0.25, 0.3) is 0 Å². The molecule has 2 aliphatic rings. The van der Waals surface area contributed by atoms with Crippen molar-refractivity contribution in [3.63, 3.8) is 0 Å². The van der Waals surface area contributed by atoms with E-state index in [0.717, 1.165) is 42.6 Å². The second kappa shape index (κ2) is 8.23. The Morgan fingerprint density at radius 3 is 2.79 bits per heavy atom. The van der Waals surface area contributed by atoms with Gasteiger partial charge in [0.25, 0.3) is 0 Å². The van der Waals surface area contributed by atoms with Crippen molar-refractivity contribution in [2.45, 2.75) is 44.9 Å². The molecule has 1 fully saturated rings. The van der Waals surface area contributed by atoms with Gasteiger partial charge in [-0.1, -0.05) is 25.3 Å². The Morgan fingerprint density at radius 1 is 1.21 bits per heavy atom. The van der Waals surface area contributed by atoms with Crippen molar-refractivity contribution in [2.75, 3.05) is 13.2 Å². The van der Waals surface area contributed by atoms with E-state index in [4.69, 9.17) is 9.29 Å². The van der Waals surface area contributed by atoms with Gasteiger partial charge in [-0.2, -0.15) is 0 Å². The Hall–Kier alpha value is -1.24. The molecule has 0 aromatic heterocycles. The molecule has 24 heavy (non-hydrogen) atoms. The van der Waals surface area contributed by atoms with Crippen LogP contribution in [0.5, 0.6) is 5.75 Å². The molecule has 6 heteroatoms. The Labute approximate surface area is 145 Å². The SMILES string of the molecule is O=C1CCc2ccc(OCC3CCCCC3CCNS(=O)O)cc21. The monoisotopic (exact) mass is 351 g/mol. The lowest BCUT2D eigenvalue weighted by Gasteiger charge is -2.31. The zero-order valence-electron chi connectivity index (χ0n) is 13.8. The molecule has 2 aliphatic carbocycles. The topological polar surface area (TPSA) is 75.6 Å². The largest absolute Gasteiger partial charge is 0.493 e. The predicted molar refractivity (Wildman–Crippen MR) is 93.4 cm³/mol. The van der Waals surface area contributed by atoms with E-state index in [1.165, 1.54) is 12.8 Å². The van der Waals surface area contributed by atoms with Crippen molar-refractivity contribution in [1.29, 1.82) is 0 Å². The first-order chi connectivity index (χ1) is 11.6. The van der Waals surface area contributed by atoms with E-state index in [1.807, 2.05) is 18.2 Å². The average Bonchev–Trinajstić information content (AvgIpc) is 2.94. The van der Waals surface area contributed by atoms with Crippen LogP contribution in [0, 0.1) is 11.8 Å². The Balaban J connectivity index is 1.55. The summed E-state index contributed by atoms with van der Waals surface area (Å²) in [7, 11) is 0. The number of benzene rings is 1. The molecule has 1 aromatic carbocycles. The number of hydrogen-bond acceptors (Lipinski definition) is 3. The molecule has 2 N–H and O–H groups in total. The molecular weight excluding hydrogens is 326 g/mol. The molecule has 0 saturated heterocycles. The van der Waals surface area contributed by atoms with Gasteiger partial charge in [-0.25, -0.2) is 8.93 Å². The van der Waals surface area contributed by atoms with Gasteiger partial charge in [0.15, 0.2) is 5.78 Å². The van der Waals surface area contributed by atoms with Crippen molar-refractivity contribution >= 4 is 17.0 Å². The van der Waals surface area contributed by atoms with Gasteiger partial charge < -0.3 is 4.74 Å². The van der Waals surface area contributed by atoms with Gasteiger partial charge in [0.05, 0.1) is 6.61 Å². The molecule has 0 aliphatic heterocycles. The highest BCUT2D eigenvalue weighted by Crippen LogP contribution is 2.33. The third kappa shape index (κ3) is 4.43. The molecule has 3 rings (SSSR count). The van der Waals surface area contributed by atoms with Crippen LogP contribution in [-0.4, -0.2) is 27.7 Å². The summed E-state index contributed by atoms with van der Waals surface area (Å²) in [6, 6.07) is 5.86. The van der Waals surface area contributed by atoms with Crippen LogP contribution in [0.1, 0.15) is 54.4 Å². The van der Waals surface area contributed by atoms with Crippen molar-refractivity contribution in [3.8, 4) is 5.75 Å². The number of hydrogen-bond donors (Lipinski definition) is 2. The minimum absolute atomic E-state index is 0.217. The van der Waals surface area contributed by atoms with Crippen LogP contribution in [0.2, 0.25) is 0 Å².